The lowest BCUT2D eigenvalue weighted by atomic mass is 10.2. The van der Waals surface area contributed by atoms with E-state index >= 15 is 0 Å². The van der Waals surface area contributed by atoms with Crippen LogP contribution in [0.15, 0.2) is 83.1 Å². The molecule has 2 aromatic carbocycles. The van der Waals surface area contributed by atoms with E-state index in [0.717, 1.165) is 9.13 Å². The largest absolute Gasteiger partial charge is 0.459 e. The predicted octanol–water partition coefficient (Wildman–Crippen LogP) is 4.29. The van der Waals surface area contributed by atoms with E-state index in [1.807, 2.05) is 42.5 Å². The number of hydrogen-bond donors (Lipinski definition) is 2. The number of rotatable bonds is 5. The molecule has 0 aliphatic rings. The number of carbonyl (C=O) groups is 2. The average molecular weight is 458 g/mol. The molecule has 0 aliphatic carbocycles. The molecule has 0 aliphatic heterocycles. The second-order valence-corrected chi connectivity index (χ2v) is 6.61. The van der Waals surface area contributed by atoms with Crippen LogP contribution in [0.5, 0.6) is 0 Å². The Balaban J connectivity index is 1.84. The Kier molecular flexibility index (Phi) is 5.85. The molecule has 0 fully saturated rings. The van der Waals surface area contributed by atoms with Crippen LogP contribution in [0.25, 0.3) is 6.08 Å². The van der Waals surface area contributed by atoms with Crippen LogP contribution >= 0.6 is 22.6 Å². The fraction of sp³-hybridized carbons (Fsp3) is 0. The van der Waals surface area contributed by atoms with E-state index in [9.17, 15) is 9.59 Å². The maximum Gasteiger partial charge on any atom is 0.291 e. The van der Waals surface area contributed by atoms with Crippen LogP contribution in [0.4, 0.5) is 5.69 Å². The van der Waals surface area contributed by atoms with Crippen molar-refractivity contribution in [3.63, 3.8) is 0 Å². The van der Waals surface area contributed by atoms with Crippen molar-refractivity contribution in [2.24, 2.45) is 0 Å². The Morgan fingerprint density at radius 2 is 1.65 bits per heavy atom. The Hall–Kier alpha value is -2.87. The molecule has 0 spiro atoms. The summed E-state index contributed by atoms with van der Waals surface area (Å²) < 4.78 is 6.15. The molecule has 3 aromatic rings. The van der Waals surface area contributed by atoms with Gasteiger partial charge in [0.15, 0.2) is 5.76 Å². The summed E-state index contributed by atoms with van der Waals surface area (Å²) in [7, 11) is 0. The van der Waals surface area contributed by atoms with Gasteiger partial charge in [-0.25, -0.2) is 0 Å². The molecule has 0 saturated heterocycles. The van der Waals surface area contributed by atoms with Crippen LogP contribution < -0.4 is 10.6 Å². The van der Waals surface area contributed by atoms with Gasteiger partial charge >= 0.3 is 0 Å². The van der Waals surface area contributed by atoms with Crippen molar-refractivity contribution < 1.29 is 14.0 Å². The van der Waals surface area contributed by atoms with Crippen LogP contribution in [-0.4, -0.2) is 11.8 Å². The molecule has 0 saturated carbocycles. The maximum absolute atomic E-state index is 12.7. The third-order valence-electron chi connectivity index (χ3n) is 3.45. The Bertz CT molecular complexity index is 917. The van der Waals surface area contributed by atoms with Crippen molar-refractivity contribution in [3.05, 3.63) is 93.6 Å². The zero-order valence-corrected chi connectivity index (χ0v) is 15.8. The summed E-state index contributed by atoms with van der Waals surface area (Å²) in [6.07, 6.45) is 3.02. The SMILES string of the molecule is O=C(Nc1ccc(I)cc1)C(=Cc1ccccc1)NC(=O)c1ccco1. The lowest BCUT2D eigenvalue weighted by molar-refractivity contribution is -0.113. The van der Waals surface area contributed by atoms with Gasteiger partial charge < -0.3 is 15.1 Å². The van der Waals surface area contributed by atoms with Crippen LogP contribution in [0.3, 0.4) is 0 Å². The number of halogens is 1. The van der Waals surface area contributed by atoms with Crippen molar-refractivity contribution in [1.82, 2.24) is 5.32 Å². The summed E-state index contributed by atoms with van der Waals surface area (Å²) in [5.74, 6) is -0.782. The van der Waals surface area contributed by atoms with Crippen LogP contribution in [0, 0.1) is 3.57 Å². The fourth-order valence-electron chi connectivity index (χ4n) is 2.20. The minimum absolute atomic E-state index is 0.121. The van der Waals surface area contributed by atoms with Gasteiger partial charge in [-0.15, -0.1) is 0 Å². The quantitative estimate of drug-likeness (QED) is 0.443. The van der Waals surface area contributed by atoms with Gasteiger partial charge in [0.2, 0.25) is 0 Å². The first kappa shape index (κ1) is 17.9. The minimum Gasteiger partial charge on any atom is -0.459 e. The normalized spacial score (nSPS) is 11.0. The third-order valence-corrected chi connectivity index (χ3v) is 4.17. The van der Waals surface area contributed by atoms with Gasteiger partial charge in [-0.05, 0) is 70.6 Å². The van der Waals surface area contributed by atoms with Crippen molar-refractivity contribution in [2.45, 2.75) is 0 Å². The number of benzene rings is 2. The molecule has 3 rings (SSSR count). The molecule has 2 N–H and O–H groups in total. The molecule has 6 heteroatoms. The molecule has 5 nitrogen and oxygen atoms in total. The van der Waals surface area contributed by atoms with E-state index in [1.165, 1.54) is 12.3 Å². The van der Waals surface area contributed by atoms with Crippen molar-refractivity contribution in [2.75, 3.05) is 5.32 Å². The first-order valence-corrected chi connectivity index (χ1v) is 8.88. The molecule has 2 amide bonds. The Labute approximate surface area is 164 Å². The zero-order valence-electron chi connectivity index (χ0n) is 13.6. The first-order chi connectivity index (χ1) is 12.6. The minimum atomic E-state index is -0.491. The highest BCUT2D eigenvalue weighted by Crippen LogP contribution is 2.13. The van der Waals surface area contributed by atoms with Gasteiger partial charge in [-0.1, -0.05) is 30.3 Å². The van der Waals surface area contributed by atoms with Gasteiger partial charge in [-0.3, -0.25) is 9.59 Å². The maximum atomic E-state index is 12.7. The number of hydrogen-bond acceptors (Lipinski definition) is 3. The van der Waals surface area contributed by atoms with E-state index in [4.69, 9.17) is 4.42 Å². The van der Waals surface area contributed by atoms with Gasteiger partial charge in [0.1, 0.15) is 5.70 Å². The molecule has 1 heterocycles. The van der Waals surface area contributed by atoms with Gasteiger partial charge in [0.25, 0.3) is 11.8 Å². The van der Waals surface area contributed by atoms with E-state index < -0.39 is 11.8 Å². The molecule has 26 heavy (non-hydrogen) atoms. The Morgan fingerprint density at radius 1 is 0.923 bits per heavy atom. The highest BCUT2D eigenvalue weighted by molar-refractivity contribution is 14.1. The first-order valence-electron chi connectivity index (χ1n) is 7.80. The van der Waals surface area contributed by atoms with Gasteiger partial charge in [0, 0.05) is 9.26 Å². The number of anilines is 1. The highest BCUT2D eigenvalue weighted by Gasteiger charge is 2.16. The van der Waals surface area contributed by atoms with E-state index in [0.29, 0.717) is 5.69 Å². The Morgan fingerprint density at radius 3 is 2.31 bits per heavy atom. The van der Waals surface area contributed by atoms with Gasteiger partial charge in [0.05, 0.1) is 6.26 Å². The monoisotopic (exact) mass is 458 g/mol. The molecule has 0 radical (unpaired) electrons. The molecular formula is C20H15IN2O3. The van der Waals surface area contributed by atoms with Crippen molar-refractivity contribution in [1.29, 1.82) is 0 Å². The number of nitrogens with one attached hydrogen (secondary N) is 2. The predicted molar refractivity (Wildman–Crippen MR) is 108 cm³/mol. The zero-order chi connectivity index (χ0) is 18.4. The molecular weight excluding hydrogens is 443 g/mol. The van der Waals surface area contributed by atoms with Crippen LogP contribution in [0.2, 0.25) is 0 Å². The van der Waals surface area contributed by atoms with Crippen LogP contribution in [-0.2, 0) is 4.79 Å². The molecule has 130 valence electrons. The van der Waals surface area contributed by atoms with E-state index in [2.05, 4.69) is 33.2 Å². The topological polar surface area (TPSA) is 71.3 Å². The molecule has 1 aromatic heterocycles. The smallest absolute Gasteiger partial charge is 0.291 e. The summed E-state index contributed by atoms with van der Waals surface area (Å²) in [5.41, 5.74) is 1.55. The summed E-state index contributed by atoms with van der Waals surface area (Å²) in [4.78, 5) is 25.0. The van der Waals surface area contributed by atoms with Crippen molar-refractivity contribution in [3.8, 4) is 0 Å². The average Bonchev–Trinajstić information content (AvgIpc) is 3.19. The summed E-state index contributed by atoms with van der Waals surface area (Å²) >= 11 is 2.19. The number of carbonyl (C=O) groups excluding carboxylic acids is 2. The second-order valence-electron chi connectivity index (χ2n) is 5.36. The second kappa shape index (κ2) is 8.48. The standard InChI is InChI=1S/C20H15IN2O3/c21-15-8-10-16(11-9-15)22-19(24)17(13-14-5-2-1-3-6-14)23-20(25)18-7-4-12-26-18/h1-13H,(H,22,24)(H,23,25). The summed E-state index contributed by atoms with van der Waals surface area (Å²) in [6, 6.07) is 19.8. The number of amides is 2. The van der Waals surface area contributed by atoms with Crippen molar-refractivity contribution >= 4 is 46.2 Å². The van der Waals surface area contributed by atoms with E-state index in [-0.39, 0.29) is 11.5 Å². The highest BCUT2D eigenvalue weighted by atomic mass is 127. The lowest BCUT2D eigenvalue weighted by Gasteiger charge is -2.10. The molecule has 0 atom stereocenters. The molecule has 0 bridgehead atoms. The fourth-order valence-corrected chi connectivity index (χ4v) is 2.56. The third kappa shape index (κ3) is 4.82. The van der Waals surface area contributed by atoms with Crippen LogP contribution in [0.1, 0.15) is 16.1 Å². The lowest BCUT2D eigenvalue weighted by Crippen LogP contribution is -2.30. The van der Waals surface area contributed by atoms with E-state index in [1.54, 1.807) is 24.3 Å². The van der Waals surface area contributed by atoms with Gasteiger partial charge in [-0.2, -0.15) is 0 Å². The number of furan rings is 1. The summed E-state index contributed by atoms with van der Waals surface area (Å²) in [5, 5.41) is 5.40. The molecule has 0 unspecified atom stereocenters. The summed E-state index contributed by atoms with van der Waals surface area (Å²) in [6.45, 7) is 0.